The average Bonchev–Trinajstić information content (AvgIpc) is 2.82. The Morgan fingerprint density at radius 2 is 1.61 bits per heavy atom. The maximum atomic E-state index is 13.3. The van der Waals surface area contributed by atoms with E-state index in [1.165, 1.54) is 6.07 Å². The van der Waals surface area contributed by atoms with Gasteiger partial charge in [0.2, 0.25) is 5.91 Å². The lowest BCUT2D eigenvalue weighted by atomic mass is 10.1. The number of anilines is 1. The van der Waals surface area contributed by atoms with Gasteiger partial charge in [-0.15, -0.1) is 0 Å². The topological polar surface area (TPSA) is 69.7 Å². The number of methoxy groups -OCH3 is 2. The molecule has 1 N–H and O–H groups in total. The Balaban J connectivity index is 1.47. The minimum Gasteiger partial charge on any atom is -0.493 e. The van der Waals surface area contributed by atoms with Gasteiger partial charge in [0.25, 0.3) is 0 Å². The Labute approximate surface area is 188 Å². The summed E-state index contributed by atoms with van der Waals surface area (Å²) in [6.07, 6.45) is 1.56. The maximum absolute atomic E-state index is 13.3. The van der Waals surface area contributed by atoms with Crippen molar-refractivity contribution >= 4 is 22.5 Å². The number of hydrogen-bond donors (Lipinski definition) is 1. The van der Waals surface area contributed by atoms with Crippen molar-refractivity contribution in [3.63, 3.8) is 0 Å². The number of rotatable bonds is 7. The highest BCUT2D eigenvalue weighted by molar-refractivity contribution is 5.92. The summed E-state index contributed by atoms with van der Waals surface area (Å²) in [5.74, 6) is -0.0290. The second kappa shape index (κ2) is 9.52. The molecule has 8 heteroatoms. The van der Waals surface area contributed by atoms with Crippen LogP contribution in [0.5, 0.6) is 23.0 Å². The summed E-state index contributed by atoms with van der Waals surface area (Å²) in [4.78, 5) is 16.6. The van der Waals surface area contributed by atoms with Crippen molar-refractivity contribution in [2.75, 3.05) is 19.5 Å². The van der Waals surface area contributed by atoms with Gasteiger partial charge < -0.3 is 19.5 Å². The van der Waals surface area contributed by atoms with Gasteiger partial charge in [-0.25, -0.2) is 8.78 Å². The van der Waals surface area contributed by atoms with E-state index >= 15 is 0 Å². The van der Waals surface area contributed by atoms with Crippen LogP contribution in [0, 0.1) is 11.6 Å². The van der Waals surface area contributed by atoms with Crippen LogP contribution in [0.2, 0.25) is 0 Å². The van der Waals surface area contributed by atoms with E-state index in [0.29, 0.717) is 39.8 Å². The van der Waals surface area contributed by atoms with Gasteiger partial charge in [-0.3, -0.25) is 9.78 Å². The van der Waals surface area contributed by atoms with Gasteiger partial charge in [0, 0.05) is 23.3 Å². The highest BCUT2D eigenvalue weighted by Crippen LogP contribution is 2.37. The van der Waals surface area contributed by atoms with E-state index in [9.17, 15) is 13.6 Å². The Bertz CT molecular complexity index is 1310. The lowest BCUT2D eigenvalue weighted by Crippen LogP contribution is -2.14. The third-order valence-electron chi connectivity index (χ3n) is 4.92. The molecular formula is C25H20F2N2O4. The summed E-state index contributed by atoms with van der Waals surface area (Å²) in [5.41, 5.74) is 1.61. The average molecular weight is 450 g/mol. The summed E-state index contributed by atoms with van der Waals surface area (Å²) in [6.45, 7) is 0. The Morgan fingerprint density at radius 1 is 0.879 bits per heavy atom. The van der Waals surface area contributed by atoms with Crippen molar-refractivity contribution in [2.24, 2.45) is 0 Å². The zero-order chi connectivity index (χ0) is 23.4. The first-order chi connectivity index (χ1) is 16.0. The molecule has 0 atom stereocenters. The number of fused-ring (bicyclic) bond motifs is 1. The Kier molecular flexibility index (Phi) is 6.35. The molecule has 0 aliphatic heterocycles. The molecule has 0 saturated heterocycles. The number of benzene rings is 3. The number of ether oxygens (including phenoxy) is 3. The number of hydrogen-bond acceptors (Lipinski definition) is 5. The number of pyridine rings is 1. The molecule has 0 unspecified atom stereocenters. The van der Waals surface area contributed by atoms with E-state index in [-0.39, 0.29) is 12.3 Å². The van der Waals surface area contributed by atoms with Gasteiger partial charge in [-0.2, -0.15) is 0 Å². The fourth-order valence-corrected chi connectivity index (χ4v) is 3.31. The van der Waals surface area contributed by atoms with Gasteiger partial charge in [-0.05, 0) is 54.1 Å². The summed E-state index contributed by atoms with van der Waals surface area (Å²) >= 11 is 0. The normalized spacial score (nSPS) is 10.7. The first-order valence-electron chi connectivity index (χ1n) is 9.99. The SMILES string of the molecule is COc1cc2nccc(Oc3ccc(NC(=O)Cc4ccc(F)c(F)c4)cc3)c2cc1OC. The van der Waals surface area contributed by atoms with Crippen molar-refractivity contribution in [2.45, 2.75) is 6.42 Å². The molecule has 33 heavy (non-hydrogen) atoms. The van der Waals surface area contributed by atoms with E-state index in [0.717, 1.165) is 17.5 Å². The van der Waals surface area contributed by atoms with Crippen LogP contribution in [0.1, 0.15) is 5.56 Å². The van der Waals surface area contributed by atoms with E-state index < -0.39 is 11.6 Å². The lowest BCUT2D eigenvalue weighted by molar-refractivity contribution is -0.115. The molecule has 0 bridgehead atoms. The molecule has 1 aromatic heterocycles. The molecule has 1 amide bonds. The third-order valence-corrected chi connectivity index (χ3v) is 4.92. The molecule has 168 valence electrons. The number of carbonyl (C=O) groups excluding carboxylic acids is 1. The lowest BCUT2D eigenvalue weighted by Gasteiger charge is -2.12. The van der Waals surface area contributed by atoms with Crippen molar-refractivity contribution in [1.29, 1.82) is 0 Å². The molecule has 3 aromatic carbocycles. The Hall–Kier alpha value is -4.20. The summed E-state index contributed by atoms with van der Waals surface area (Å²) in [5, 5.41) is 3.47. The number of halogens is 2. The molecule has 0 aliphatic carbocycles. The second-order valence-corrected chi connectivity index (χ2v) is 7.13. The first-order valence-corrected chi connectivity index (χ1v) is 9.99. The van der Waals surface area contributed by atoms with Crippen molar-refractivity contribution in [1.82, 2.24) is 4.98 Å². The molecular weight excluding hydrogens is 430 g/mol. The fraction of sp³-hybridized carbons (Fsp3) is 0.120. The fourth-order valence-electron chi connectivity index (χ4n) is 3.31. The summed E-state index contributed by atoms with van der Waals surface area (Å²) in [6, 6.07) is 15.5. The van der Waals surface area contributed by atoms with E-state index in [2.05, 4.69) is 10.3 Å². The minimum absolute atomic E-state index is 0.0796. The molecule has 1 heterocycles. The predicted octanol–water partition coefficient (Wildman–Crippen LogP) is 5.50. The van der Waals surface area contributed by atoms with Crippen molar-refractivity contribution in [3.8, 4) is 23.0 Å². The van der Waals surface area contributed by atoms with Gasteiger partial charge in [0.1, 0.15) is 11.5 Å². The number of nitrogens with zero attached hydrogens (tertiary/aromatic N) is 1. The second-order valence-electron chi connectivity index (χ2n) is 7.13. The van der Waals surface area contributed by atoms with Crippen LogP contribution in [0.4, 0.5) is 14.5 Å². The maximum Gasteiger partial charge on any atom is 0.228 e. The summed E-state index contributed by atoms with van der Waals surface area (Å²) < 4.78 is 43.1. The van der Waals surface area contributed by atoms with Crippen LogP contribution in [0.25, 0.3) is 10.9 Å². The van der Waals surface area contributed by atoms with Gasteiger partial charge >= 0.3 is 0 Å². The van der Waals surface area contributed by atoms with Crippen molar-refractivity contribution in [3.05, 3.63) is 84.1 Å². The molecule has 4 aromatic rings. The highest BCUT2D eigenvalue weighted by atomic mass is 19.2. The zero-order valence-corrected chi connectivity index (χ0v) is 17.9. The molecule has 0 radical (unpaired) electrons. The first kappa shape index (κ1) is 22.0. The van der Waals surface area contributed by atoms with E-state index in [4.69, 9.17) is 14.2 Å². The zero-order valence-electron chi connectivity index (χ0n) is 17.9. The van der Waals surface area contributed by atoms with E-state index in [1.807, 2.05) is 0 Å². The molecule has 0 aliphatic rings. The molecule has 4 rings (SSSR count). The minimum atomic E-state index is -0.985. The van der Waals surface area contributed by atoms with Gasteiger partial charge in [0.15, 0.2) is 23.1 Å². The van der Waals surface area contributed by atoms with Crippen LogP contribution in [0.3, 0.4) is 0 Å². The summed E-state index contributed by atoms with van der Waals surface area (Å²) in [7, 11) is 3.11. The number of nitrogens with one attached hydrogen (secondary N) is 1. The molecule has 0 fully saturated rings. The quantitative estimate of drug-likeness (QED) is 0.402. The smallest absolute Gasteiger partial charge is 0.228 e. The van der Waals surface area contributed by atoms with Crippen molar-refractivity contribution < 1.29 is 27.8 Å². The monoisotopic (exact) mass is 450 g/mol. The standard InChI is InChI=1S/C25H20F2N2O4/c1-31-23-13-18-21(14-24(23)32-2)28-10-9-22(18)33-17-6-4-16(5-7-17)29-25(30)12-15-3-8-19(26)20(27)11-15/h3-11,13-14H,12H2,1-2H3,(H,29,30). The van der Waals surface area contributed by atoms with Gasteiger partial charge in [0.05, 0.1) is 26.2 Å². The van der Waals surface area contributed by atoms with Crippen LogP contribution in [-0.2, 0) is 11.2 Å². The third kappa shape index (κ3) is 5.01. The molecule has 0 saturated carbocycles. The number of carbonyl (C=O) groups is 1. The van der Waals surface area contributed by atoms with Gasteiger partial charge in [-0.1, -0.05) is 6.07 Å². The number of amides is 1. The van der Waals surface area contributed by atoms with Crippen LogP contribution in [-0.4, -0.2) is 25.1 Å². The number of aromatic nitrogens is 1. The van der Waals surface area contributed by atoms with E-state index in [1.54, 1.807) is 62.9 Å². The largest absolute Gasteiger partial charge is 0.493 e. The highest BCUT2D eigenvalue weighted by Gasteiger charge is 2.12. The predicted molar refractivity (Wildman–Crippen MR) is 120 cm³/mol. The Morgan fingerprint density at radius 3 is 2.30 bits per heavy atom. The molecule has 6 nitrogen and oxygen atoms in total. The van der Waals surface area contributed by atoms with Crippen LogP contribution >= 0.6 is 0 Å². The van der Waals surface area contributed by atoms with Crippen LogP contribution < -0.4 is 19.5 Å². The van der Waals surface area contributed by atoms with Crippen LogP contribution in [0.15, 0.2) is 66.9 Å². The molecule has 0 spiro atoms.